The van der Waals surface area contributed by atoms with Crippen LogP contribution < -0.4 is 10.5 Å². The fraction of sp³-hybridized carbons (Fsp3) is 0.417. The second-order valence-corrected chi connectivity index (χ2v) is 5.13. The van der Waals surface area contributed by atoms with Crippen molar-refractivity contribution in [2.45, 2.75) is 25.2 Å². The van der Waals surface area contributed by atoms with E-state index >= 15 is 0 Å². The zero-order chi connectivity index (χ0) is 13.5. The van der Waals surface area contributed by atoms with Gasteiger partial charge in [0.25, 0.3) is 0 Å². The molecular formula is C12H15F2NO2S. The number of primary amides is 1. The summed E-state index contributed by atoms with van der Waals surface area (Å²) in [4.78, 5) is 10.6. The third-order valence-electron chi connectivity index (χ3n) is 2.29. The lowest BCUT2D eigenvalue weighted by Gasteiger charge is -2.12. The first kappa shape index (κ1) is 14.8. The highest BCUT2D eigenvalue weighted by atomic mass is 32.2. The van der Waals surface area contributed by atoms with Crippen LogP contribution in [0.2, 0.25) is 0 Å². The van der Waals surface area contributed by atoms with Crippen LogP contribution in [0.5, 0.6) is 5.75 Å². The van der Waals surface area contributed by atoms with Gasteiger partial charge in [0.1, 0.15) is 5.75 Å². The largest absolute Gasteiger partial charge is 0.435 e. The Morgan fingerprint density at radius 1 is 1.39 bits per heavy atom. The highest BCUT2D eigenvalue weighted by Gasteiger charge is 2.08. The number of nitrogens with two attached hydrogens (primary N) is 1. The van der Waals surface area contributed by atoms with Gasteiger partial charge in [0, 0.05) is 17.4 Å². The Morgan fingerprint density at radius 3 is 2.50 bits per heavy atom. The number of ether oxygens (including phenoxy) is 1. The molecule has 2 N–H and O–H groups in total. The van der Waals surface area contributed by atoms with Crippen molar-refractivity contribution in [3.8, 4) is 5.75 Å². The fourth-order valence-corrected chi connectivity index (χ4v) is 2.37. The van der Waals surface area contributed by atoms with E-state index in [1.54, 1.807) is 23.9 Å². The molecular weight excluding hydrogens is 260 g/mol. The van der Waals surface area contributed by atoms with Crippen LogP contribution in [0.4, 0.5) is 8.78 Å². The van der Waals surface area contributed by atoms with Crippen molar-refractivity contribution in [3.05, 3.63) is 29.8 Å². The van der Waals surface area contributed by atoms with Crippen LogP contribution in [0.25, 0.3) is 0 Å². The molecule has 0 aromatic heterocycles. The number of thioether (sulfide) groups is 1. The number of alkyl halides is 2. The summed E-state index contributed by atoms with van der Waals surface area (Å²) in [6.45, 7) is -0.826. The Labute approximate surface area is 109 Å². The van der Waals surface area contributed by atoms with Gasteiger partial charge in [-0.15, -0.1) is 0 Å². The Hall–Kier alpha value is -1.30. The van der Waals surface area contributed by atoms with Crippen molar-refractivity contribution in [1.29, 1.82) is 0 Å². The van der Waals surface area contributed by atoms with Crippen molar-refractivity contribution < 1.29 is 18.3 Å². The lowest BCUT2D eigenvalue weighted by Crippen LogP contribution is -2.11. The van der Waals surface area contributed by atoms with E-state index in [9.17, 15) is 13.6 Å². The van der Waals surface area contributed by atoms with Crippen LogP contribution in [0.15, 0.2) is 24.3 Å². The van der Waals surface area contributed by atoms with Gasteiger partial charge < -0.3 is 10.5 Å². The number of carbonyl (C=O) groups is 1. The molecule has 0 unspecified atom stereocenters. The van der Waals surface area contributed by atoms with E-state index in [0.29, 0.717) is 12.2 Å². The minimum Gasteiger partial charge on any atom is -0.435 e. The zero-order valence-electron chi connectivity index (χ0n) is 9.94. The molecule has 18 heavy (non-hydrogen) atoms. The average Bonchev–Trinajstić information content (AvgIpc) is 2.28. The Balaban J connectivity index is 2.48. The lowest BCUT2D eigenvalue weighted by molar-refractivity contribution is -0.117. The molecule has 0 aliphatic carbocycles. The number of benzene rings is 1. The van der Waals surface area contributed by atoms with E-state index < -0.39 is 6.61 Å². The van der Waals surface area contributed by atoms with Crippen LogP contribution in [0.1, 0.15) is 24.2 Å². The molecule has 1 aromatic rings. The first-order chi connectivity index (χ1) is 8.49. The van der Waals surface area contributed by atoms with Gasteiger partial charge in [-0.1, -0.05) is 12.1 Å². The van der Waals surface area contributed by atoms with Crippen molar-refractivity contribution in [2.75, 3.05) is 5.75 Å². The molecule has 1 atom stereocenters. The van der Waals surface area contributed by atoms with Gasteiger partial charge in [-0.25, -0.2) is 0 Å². The first-order valence-corrected chi connectivity index (χ1v) is 6.48. The Kier molecular flexibility index (Phi) is 5.91. The normalized spacial score (nSPS) is 12.4. The van der Waals surface area contributed by atoms with E-state index in [1.807, 2.05) is 6.92 Å². The highest BCUT2D eigenvalue weighted by molar-refractivity contribution is 7.99. The molecule has 0 radical (unpaired) electrons. The third-order valence-corrected chi connectivity index (χ3v) is 3.50. The van der Waals surface area contributed by atoms with Gasteiger partial charge in [-0.3, -0.25) is 4.79 Å². The molecule has 0 spiro atoms. The van der Waals surface area contributed by atoms with Gasteiger partial charge in [-0.05, 0) is 24.6 Å². The van der Waals surface area contributed by atoms with Gasteiger partial charge in [0.15, 0.2) is 0 Å². The van der Waals surface area contributed by atoms with E-state index in [1.165, 1.54) is 12.1 Å². The molecule has 1 amide bonds. The Bertz CT molecular complexity index is 384. The predicted octanol–water partition coefficient (Wildman–Crippen LogP) is 2.96. The summed E-state index contributed by atoms with van der Waals surface area (Å²) in [7, 11) is 0. The number of amides is 1. The molecule has 1 aromatic carbocycles. The van der Waals surface area contributed by atoms with E-state index in [0.717, 1.165) is 5.56 Å². The van der Waals surface area contributed by atoms with Crippen molar-refractivity contribution >= 4 is 17.7 Å². The molecule has 0 fully saturated rings. The maximum Gasteiger partial charge on any atom is 0.387 e. The molecule has 0 bridgehead atoms. The maximum atomic E-state index is 12.0. The van der Waals surface area contributed by atoms with Crippen LogP contribution >= 0.6 is 11.8 Å². The standard InChI is InChI=1S/C12H15F2NO2S/c1-8(18-7-6-11(15)16)9-2-4-10(5-3-9)17-12(13)14/h2-5,8,12H,6-7H2,1H3,(H2,15,16)/t8-/m1/s1. The highest BCUT2D eigenvalue weighted by Crippen LogP contribution is 2.29. The van der Waals surface area contributed by atoms with E-state index in [-0.39, 0.29) is 16.9 Å². The minimum absolute atomic E-state index is 0.142. The molecule has 0 aliphatic heterocycles. The second-order valence-electron chi connectivity index (χ2n) is 3.68. The molecule has 100 valence electrons. The number of hydrogen-bond donors (Lipinski definition) is 1. The molecule has 0 saturated carbocycles. The number of rotatable bonds is 7. The molecule has 0 heterocycles. The van der Waals surface area contributed by atoms with Gasteiger partial charge in [-0.2, -0.15) is 20.5 Å². The van der Waals surface area contributed by atoms with Gasteiger partial charge in [0.05, 0.1) is 0 Å². The first-order valence-electron chi connectivity index (χ1n) is 5.43. The van der Waals surface area contributed by atoms with Crippen molar-refractivity contribution in [2.24, 2.45) is 5.73 Å². The SMILES string of the molecule is C[C@@H](SCCC(N)=O)c1ccc(OC(F)F)cc1. The van der Waals surface area contributed by atoms with Gasteiger partial charge in [0.2, 0.25) is 5.91 Å². The van der Waals surface area contributed by atoms with Crippen molar-refractivity contribution in [3.63, 3.8) is 0 Å². The summed E-state index contributed by atoms with van der Waals surface area (Å²) in [5, 5.41) is 0.171. The maximum absolute atomic E-state index is 12.0. The summed E-state index contributed by atoms with van der Waals surface area (Å²) in [5.41, 5.74) is 6.04. The van der Waals surface area contributed by atoms with Crippen LogP contribution in [0, 0.1) is 0 Å². The molecule has 0 aliphatic rings. The summed E-state index contributed by atoms with van der Waals surface area (Å²) >= 11 is 1.59. The quantitative estimate of drug-likeness (QED) is 0.832. The summed E-state index contributed by atoms with van der Waals surface area (Å²) < 4.78 is 28.2. The monoisotopic (exact) mass is 275 g/mol. The molecule has 6 heteroatoms. The third kappa shape index (κ3) is 5.35. The summed E-state index contributed by atoms with van der Waals surface area (Å²) in [6.07, 6.45) is 0.335. The predicted molar refractivity (Wildman–Crippen MR) is 67.8 cm³/mol. The second kappa shape index (κ2) is 7.20. The topological polar surface area (TPSA) is 52.3 Å². The minimum atomic E-state index is -2.81. The molecule has 3 nitrogen and oxygen atoms in total. The number of halogens is 2. The number of hydrogen-bond acceptors (Lipinski definition) is 3. The summed E-state index contributed by atoms with van der Waals surface area (Å²) in [5.74, 6) is 0.463. The summed E-state index contributed by atoms with van der Waals surface area (Å²) in [6, 6.07) is 6.48. The lowest BCUT2D eigenvalue weighted by atomic mass is 10.2. The van der Waals surface area contributed by atoms with Crippen LogP contribution in [-0.4, -0.2) is 18.3 Å². The van der Waals surface area contributed by atoms with Crippen LogP contribution in [0.3, 0.4) is 0 Å². The van der Waals surface area contributed by atoms with Crippen molar-refractivity contribution in [1.82, 2.24) is 0 Å². The molecule has 0 saturated heterocycles. The Morgan fingerprint density at radius 2 is 2.00 bits per heavy atom. The molecule has 1 rings (SSSR count). The van der Waals surface area contributed by atoms with E-state index in [4.69, 9.17) is 5.73 Å². The smallest absolute Gasteiger partial charge is 0.387 e. The zero-order valence-corrected chi connectivity index (χ0v) is 10.8. The van der Waals surface area contributed by atoms with Gasteiger partial charge >= 0.3 is 6.61 Å². The number of carbonyl (C=O) groups excluding carboxylic acids is 1. The van der Waals surface area contributed by atoms with Crippen LogP contribution in [-0.2, 0) is 4.79 Å². The van der Waals surface area contributed by atoms with E-state index in [2.05, 4.69) is 4.74 Å². The average molecular weight is 275 g/mol. The fourth-order valence-electron chi connectivity index (χ4n) is 1.35.